The lowest BCUT2D eigenvalue weighted by Crippen LogP contribution is -2.19. The van der Waals surface area contributed by atoms with E-state index in [0.29, 0.717) is 17.1 Å². The van der Waals surface area contributed by atoms with Crippen molar-refractivity contribution in [2.24, 2.45) is 5.73 Å². The average Bonchev–Trinajstić information content (AvgIpc) is 2.91. The molecule has 0 aliphatic heterocycles. The van der Waals surface area contributed by atoms with Crippen LogP contribution in [0.15, 0.2) is 42.5 Å². The maximum atomic E-state index is 12.4. The van der Waals surface area contributed by atoms with Crippen molar-refractivity contribution >= 4 is 44.9 Å². The highest BCUT2D eigenvalue weighted by Gasteiger charge is 2.14. The Morgan fingerprint density at radius 3 is 2.35 bits per heavy atom. The highest BCUT2D eigenvalue weighted by atomic mass is 32.1. The summed E-state index contributed by atoms with van der Waals surface area (Å²) < 4.78 is 5.22. The molecule has 2 aromatic carbocycles. The molecule has 0 aliphatic rings. The molecule has 116 valence electrons. The SMILES string of the molecule is Cc1ccc2snc(C(=O)Nc3ccc(NC(N)=O)cc3)c2c1. The fraction of sp³-hybridized carbons (Fsp3) is 0.0625. The van der Waals surface area contributed by atoms with Gasteiger partial charge in [-0.1, -0.05) is 11.6 Å². The number of hydrogen-bond acceptors (Lipinski definition) is 4. The smallest absolute Gasteiger partial charge is 0.316 e. The lowest BCUT2D eigenvalue weighted by molar-refractivity contribution is 0.102. The Bertz CT molecular complexity index is 887. The topological polar surface area (TPSA) is 97.1 Å². The molecular formula is C16H14N4O2S. The lowest BCUT2D eigenvalue weighted by atomic mass is 10.1. The van der Waals surface area contributed by atoms with Crippen molar-refractivity contribution in [2.75, 3.05) is 10.6 Å². The van der Waals surface area contributed by atoms with Gasteiger partial charge < -0.3 is 16.4 Å². The van der Waals surface area contributed by atoms with E-state index in [9.17, 15) is 9.59 Å². The summed E-state index contributed by atoms with van der Waals surface area (Å²) in [5, 5.41) is 6.10. The molecular weight excluding hydrogens is 312 g/mol. The molecule has 0 radical (unpaired) electrons. The van der Waals surface area contributed by atoms with E-state index in [1.165, 1.54) is 11.5 Å². The Morgan fingerprint density at radius 2 is 1.70 bits per heavy atom. The standard InChI is InChI=1S/C16H14N4O2S/c1-9-2-7-13-12(8-9)14(20-23-13)15(21)18-10-3-5-11(6-4-10)19-16(17)22/h2-8H,1H3,(H,18,21)(H3,17,19,22). The summed E-state index contributed by atoms with van der Waals surface area (Å²) in [6.07, 6.45) is 0. The number of anilines is 2. The summed E-state index contributed by atoms with van der Waals surface area (Å²) in [4.78, 5) is 23.2. The van der Waals surface area contributed by atoms with Gasteiger partial charge in [0.05, 0.1) is 4.70 Å². The summed E-state index contributed by atoms with van der Waals surface area (Å²) in [7, 11) is 0. The molecule has 1 heterocycles. The van der Waals surface area contributed by atoms with Gasteiger partial charge >= 0.3 is 6.03 Å². The molecule has 0 fully saturated rings. The van der Waals surface area contributed by atoms with Crippen LogP contribution in [-0.4, -0.2) is 16.3 Å². The Labute approximate surface area is 136 Å². The van der Waals surface area contributed by atoms with Crippen LogP contribution in [0.3, 0.4) is 0 Å². The Hall–Kier alpha value is -2.93. The zero-order chi connectivity index (χ0) is 16.4. The van der Waals surface area contributed by atoms with Crippen molar-refractivity contribution in [1.29, 1.82) is 0 Å². The Kier molecular flexibility index (Phi) is 3.94. The van der Waals surface area contributed by atoms with Crippen LogP contribution in [0, 0.1) is 6.92 Å². The first kappa shape index (κ1) is 15.0. The van der Waals surface area contributed by atoms with Crippen LogP contribution >= 0.6 is 11.5 Å². The number of nitrogens with zero attached hydrogens (tertiary/aromatic N) is 1. The summed E-state index contributed by atoms with van der Waals surface area (Å²) in [6.45, 7) is 1.98. The van der Waals surface area contributed by atoms with Gasteiger partial charge in [-0.3, -0.25) is 4.79 Å². The zero-order valence-electron chi connectivity index (χ0n) is 12.3. The molecule has 3 amide bonds. The van der Waals surface area contributed by atoms with E-state index in [1.807, 2.05) is 25.1 Å². The molecule has 0 bridgehead atoms. The molecule has 0 atom stereocenters. The van der Waals surface area contributed by atoms with Gasteiger partial charge in [0.25, 0.3) is 5.91 Å². The number of urea groups is 1. The fourth-order valence-corrected chi connectivity index (χ4v) is 2.94. The van der Waals surface area contributed by atoms with E-state index in [-0.39, 0.29) is 5.91 Å². The van der Waals surface area contributed by atoms with E-state index in [1.54, 1.807) is 24.3 Å². The molecule has 0 aliphatic carbocycles. The van der Waals surface area contributed by atoms with Gasteiger partial charge in [-0.05, 0) is 54.9 Å². The number of nitrogens with one attached hydrogen (secondary N) is 2. The van der Waals surface area contributed by atoms with Crippen molar-refractivity contribution in [3.8, 4) is 0 Å². The van der Waals surface area contributed by atoms with Gasteiger partial charge in [0.15, 0.2) is 0 Å². The van der Waals surface area contributed by atoms with Gasteiger partial charge in [0, 0.05) is 16.8 Å². The van der Waals surface area contributed by atoms with Gasteiger partial charge in [0.1, 0.15) is 5.69 Å². The number of fused-ring (bicyclic) bond motifs is 1. The normalized spacial score (nSPS) is 10.5. The fourth-order valence-electron chi connectivity index (χ4n) is 2.19. The predicted octanol–water partition coefficient (Wildman–Crippen LogP) is 3.35. The number of nitrogens with two attached hydrogens (primary N) is 1. The van der Waals surface area contributed by atoms with Gasteiger partial charge in [-0.25, -0.2) is 4.79 Å². The molecule has 3 rings (SSSR count). The Balaban J connectivity index is 1.80. The van der Waals surface area contributed by atoms with Crippen LogP contribution in [0.5, 0.6) is 0 Å². The third-order valence-corrected chi connectivity index (χ3v) is 4.08. The number of amides is 3. The first-order valence-electron chi connectivity index (χ1n) is 6.87. The number of aryl methyl sites for hydroxylation is 1. The summed E-state index contributed by atoms with van der Waals surface area (Å²) in [5.74, 6) is -0.266. The number of aromatic nitrogens is 1. The number of benzene rings is 2. The molecule has 6 nitrogen and oxygen atoms in total. The maximum Gasteiger partial charge on any atom is 0.316 e. The largest absolute Gasteiger partial charge is 0.351 e. The number of primary amides is 1. The summed E-state index contributed by atoms with van der Waals surface area (Å²) in [6, 6.07) is 12.0. The predicted molar refractivity (Wildman–Crippen MR) is 92.0 cm³/mol. The van der Waals surface area contributed by atoms with Crippen molar-refractivity contribution in [3.05, 3.63) is 53.7 Å². The van der Waals surface area contributed by atoms with Crippen molar-refractivity contribution < 1.29 is 9.59 Å². The van der Waals surface area contributed by atoms with Crippen molar-refractivity contribution in [2.45, 2.75) is 6.92 Å². The minimum atomic E-state index is -0.633. The van der Waals surface area contributed by atoms with Gasteiger partial charge in [-0.2, -0.15) is 4.37 Å². The van der Waals surface area contributed by atoms with Crippen molar-refractivity contribution in [3.63, 3.8) is 0 Å². The average molecular weight is 326 g/mol. The minimum absolute atomic E-state index is 0.266. The minimum Gasteiger partial charge on any atom is -0.351 e. The van der Waals surface area contributed by atoms with Crippen LogP contribution in [0.4, 0.5) is 16.2 Å². The van der Waals surface area contributed by atoms with Crippen LogP contribution in [0.2, 0.25) is 0 Å². The maximum absolute atomic E-state index is 12.4. The molecule has 23 heavy (non-hydrogen) atoms. The highest BCUT2D eigenvalue weighted by molar-refractivity contribution is 7.13. The van der Waals surface area contributed by atoms with E-state index < -0.39 is 6.03 Å². The molecule has 4 N–H and O–H groups in total. The summed E-state index contributed by atoms with van der Waals surface area (Å²) >= 11 is 1.30. The van der Waals surface area contributed by atoms with E-state index >= 15 is 0 Å². The first-order valence-corrected chi connectivity index (χ1v) is 7.64. The Morgan fingerprint density at radius 1 is 1.04 bits per heavy atom. The lowest BCUT2D eigenvalue weighted by Gasteiger charge is -2.06. The molecule has 7 heteroatoms. The third kappa shape index (κ3) is 3.29. The second-order valence-electron chi connectivity index (χ2n) is 5.05. The number of rotatable bonds is 3. The van der Waals surface area contributed by atoms with Crippen LogP contribution < -0.4 is 16.4 Å². The van der Waals surface area contributed by atoms with Crippen LogP contribution in [0.1, 0.15) is 16.1 Å². The molecule has 0 saturated heterocycles. The van der Waals surface area contributed by atoms with Crippen LogP contribution in [0.25, 0.3) is 10.1 Å². The number of carbonyl (C=O) groups excluding carboxylic acids is 2. The van der Waals surface area contributed by atoms with Crippen molar-refractivity contribution in [1.82, 2.24) is 4.37 Å². The number of hydrogen-bond donors (Lipinski definition) is 3. The molecule has 0 saturated carbocycles. The molecule has 3 aromatic rings. The second kappa shape index (κ2) is 6.05. The highest BCUT2D eigenvalue weighted by Crippen LogP contribution is 2.24. The van der Waals surface area contributed by atoms with Gasteiger partial charge in [-0.15, -0.1) is 0 Å². The first-order chi connectivity index (χ1) is 11.0. The van der Waals surface area contributed by atoms with E-state index in [0.717, 1.165) is 15.6 Å². The molecule has 0 spiro atoms. The molecule has 0 unspecified atom stereocenters. The molecule has 1 aromatic heterocycles. The monoisotopic (exact) mass is 326 g/mol. The van der Waals surface area contributed by atoms with Gasteiger partial charge in [0.2, 0.25) is 0 Å². The van der Waals surface area contributed by atoms with E-state index in [2.05, 4.69) is 15.0 Å². The van der Waals surface area contributed by atoms with E-state index in [4.69, 9.17) is 5.73 Å². The third-order valence-electron chi connectivity index (χ3n) is 3.25. The summed E-state index contributed by atoms with van der Waals surface area (Å²) in [5.41, 5.74) is 7.70. The zero-order valence-corrected chi connectivity index (χ0v) is 13.1. The van der Waals surface area contributed by atoms with Crippen LogP contribution in [-0.2, 0) is 0 Å². The number of carbonyl (C=O) groups is 2. The second-order valence-corrected chi connectivity index (χ2v) is 5.86. The quantitative estimate of drug-likeness (QED) is 0.688.